The Bertz CT molecular complexity index is 767. The van der Waals surface area contributed by atoms with Crippen LogP contribution in [0.5, 0.6) is 5.75 Å². The third kappa shape index (κ3) is 5.71. The summed E-state index contributed by atoms with van der Waals surface area (Å²) in [4.78, 5) is 11.8. The van der Waals surface area contributed by atoms with Gasteiger partial charge in [-0.1, -0.05) is 24.3 Å². The molecule has 6 heteroatoms. The van der Waals surface area contributed by atoms with Crippen LogP contribution in [0.15, 0.2) is 48.5 Å². The molecule has 0 unspecified atom stereocenters. The zero-order valence-electron chi connectivity index (χ0n) is 13.2. The molecule has 5 nitrogen and oxygen atoms in total. The van der Waals surface area contributed by atoms with Gasteiger partial charge in [0.25, 0.3) is 5.91 Å². The Hall–Kier alpha value is -2.91. The summed E-state index contributed by atoms with van der Waals surface area (Å²) in [6, 6.07) is 16.8. The predicted molar refractivity (Wildman–Crippen MR) is 96.8 cm³/mol. The van der Waals surface area contributed by atoms with Crippen LogP contribution in [0.4, 0.5) is 5.69 Å². The molecule has 0 spiro atoms. The molecular weight excluding hydrogens is 322 g/mol. The zero-order chi connectivity index (χ0) is 17.4. The molecule has 0 fully saturated rings. The van der Waals surface area contributed by atoms with Crippen molar-refractivity contribution in [1.29, 1.82) is 5.26 Å². The number of nitriles is 1. The number of thiocarbonyl (C=S) groups is 1. The fourth-order valence-corrected chi connectivity index (χ4v) is 2.21. The molecule has 0 saturated heterocycles. The quantitative estimate of drug-likeness (QED) is 0.819. The Morgan fingerprint density at radius 2 is 2.00 bits per heavy atom. The van der Waals surface area contributed by atoms with Crippen molar-refractivity contribution in [2.24, 2.45) is 0 Å². The number of carbonyl (C=O) groups excluding carboxylic acids is 1. The lowest BCUT2D eigenvalue weighted by Gasteiger charge is -2.11. The summed E-state index contributed by atoms with van der Waals surface area (Å²) in [5.74, 6) is 0.298. The van der Waals surface area contributed by atoms with E-state index in [4.69, 9.17) is 22.2 Å². The van der Waals surface area contributed by atoms with E-state index >= 15 is 0 Å². The maximum absolute atomic E-state index is 11.8. The molecule has 0 bridgehead atoms. The highest BCUT2D eigenvalue weighted by molar-refractivity contribution is 7.80. The van der Waals surface area contributed by atoms with Crippen LogP contribution < -0.4 is 15.4 Å². The number of anilines is 1. The van der Waals surface area contributed by atoms with Gasteiger partial charge in [0.2, 0.25) is 0 Å². The van der Waals surface area contributed by atoms with Crippen molar-refractivity contribution in [2.45, 2.75) is 13.3 Å². The molecule has 2 aromatic carbocycles. The largest absolute Gasteiger partial charge is 0.484 e. The van der Waals surface area contributed by atoms with Crippen LogP contribution in [0.2, 0.25) is 0 Å². The Kier molecular flexibility index (Phi) is 6.29. The number of rotatable bonds is 5. The van der Waals surface area contributed by atoms with Gasteiger partial charge in [-0.05, 0) is 54.5 Å². The second kappa shape index (κ2) is 8.65. The minimum atomic E-state index is -0.338. The average molecular weight is 339 g/mol. The van der Waals surface area contributed by atoms with Crippen LogP contribution in [0.1, 0.15) is 11.1 Å². The van der Waals surface area contributed by atoms with E-state index in [2.05, 4.69) is 16.7 Å². The highest BCUT2D eigenvalue weighted by atomic mass is 32.1. The SMILES string of the molecule is Cc1cccc(OCC(=O)NC(=S)Nc2ccc(CC#N)cc2)c1. The molecule has 2 aromatic rings. The summed E-state index contributed by atoms with van der Waals surface area (Å²) >= 11 is 5.10. The van der Waals surface area contributed by atoms with Gasteiger partial charge in [0.1, 0.15) is 5.75 Å². The maximum Gasteiger partial charge on any atom is 0.264 e. The lowest BCUT2D eigenvalue weighted by molar-refractivity contribution is -0.121. The highest BCUT2D eigenvalue weighted by Crippen LogP contribution is 2.12. The molecule has 0 aliphatic carbocycles. The summed E-state index contributed by atoms with van der Waals surface area (Å²) in [7, 11) is 0. The van der Waals surface area contributed by atoms with E-state index in [9.17, 15) is 4.79 Å². The lowest BCUT2D eigenvalue weighted by Crippen LogP contribution is -2.37. The molecule has 0 atom stereocenters. The summed E-state index contributed by atoms with van der Waals surface area (Å²) in [5.41, 5.74) is 2.72. The molecule has 122 valence electrons. The van der Waals surface area contributed by atoms with Crippen LogP contribution in [0.3, 0.4) is 0 Å². The topological polar surface area (TPSA) is 74.2 Å². The van der Waals surface area contributed by atoms with Crippen LogP contribution in [-0.2, 0) is 11.2 Å². The van der Waals surface area contributed by atoms with Crippen LogP contribution in [0.25, 0.3) is 0 Å². The van der Waals surface area contributed by atoms with E-state index in [1.165, 1.54) is 0 Å². The number of hydrogen-bond acceptors (Lipinski definition) is 4. The summed E-state index contributed by atoms with van der Waals surface area (Å²) in [6.45, 7) is 1.83. The Morgan fingerprint density at radius 1 is 1.25 bits per heavy atom. The molecule has 24 heavy (non-hydrogen) atoms. The minimum absolute atomic E-state index is 0.119. The maximum atomic E-state index is 11.8. The number of benzene rings is 2. The minimum Gasteiger partial charge on any atom is -0.484 e. The summed E-state index contributed by atoms with van der Waals surface area (Å²) in [5, 5.41) is 14.3. The van der Waals surface area contributed by atoms with Gasteiger partial charge in [-0.15, -0.1) is 0 Å². The molecule has 0 aromatic heterocycles. The molecule has 2 N–H and O–H groups in total. The molecule has 0 aliphatic heterocycles. The normalized spacial score (nSPS) is 9.67. The number of ether oxygens (including phenoxy) is 1. The van der Waals surface area contributed by atoms with E-state index in [-0.39, 0.29) is 17.6 Å². The van der Waals surface area contributed by atoms with E-state index in [0.29, 0.717) is 12.2 Å². The molecule has 0 aliphatic rings. The van der Waals surface area contributed by atoms with Crippen molar-refractivity contribution in [3.8, 4) is 11.8 Å². The van der Waals surface area contributed by atoms with Gasteiger partial charge < -0.3 is 10.1 Å². The number of hydrogen-bond donors (Lipinski definition) is 2. The summed E-state index contributed by atoms with van der Waals surface area (Å²) in [6.07, 6.45) is 0.359. The smallest absolute Gasteiger partial charge is 0.264 e. The van der Waals surface area contributed by atoms with E-state index in [1.54, 1.807) is 18.2 Å². The first-order chi connectivity index (χ1) is 11.6. The Morgan fingerprint density at radius 3 is 2.67 bits per heavy atom. The van der Waals surface area contributed by atoms with Gasteiger partial charge in [0.05, 0.1) is 12.5 Å². The Labute approximate surface area is 146 Å². The molecular formula is C18H17N3O2S. The molecule has 2 rings (SSSR count). The zero-order valence-corrected chi connectivity index (χ0v) is 14.0. The van der Waals surface area contributed by atoms with Gasteiger partial charge >= 0.3 is 0 Å². The predicted octanol–water partition coefficient (Wildman–Crippen LogP) is 2.95. The molecule has 1 amide bonds. The fraction of sp³-hybridized carbons (Fsp3) is 0.167. The molecule has 0 radical (unpaired) electrons. The second-order valence-electron chi connectivity index (χ2n) is 5.14. The third-order valence-electron chi connectivity index (χ3n) is 3.11. The van der Waals surface area contributed by atoms with Gasteiger partial charge in [-0.3, -0.25) is 10.1 Å². The first-order valence-electron chi connectivity index (χ1n) is 7.33. The highest BCUT2D eigenvalue weighted by Gasteiger charge is 2.06. The number of nitrogens with one attached hydrogen (secondary N) is 2. The monoisotopic (exact) mass is 339 g/mol. The molecule has 0 saturated carbocycles. The van der Waals surface area contributed by atoms with E-state index in [0.717, 1.165) is 16.8 Å². The van der Waals surface area contributed by atoms with Crippen LogP contribution in [-0.4, -0.2) is 17.6 Å². The first-order valence-corrected chi connectivity index (χ1v) is 7.74. The van der Waals surface area contributed by atoms with Crippen LogP contribution in [0, 0.1) is 18.3 Å². The number of aryl methyl sites for hydroxylation is 1. The van der Waals surface area contributed by atoms with Crippen molar-refractivity contribution in [3.05, 3.63) is 59.7 Å². The van der Waals surface area contributed by atoms with E-state index < -0.39 is 0 Å². The standard InChI is InChI=1S/C18H17N3O2S/c1-13-3-2-4-16(11-13)23-12-17(22)21-18(24)20-15-7-5-14(6-8-15)9-10-19/h2-8,11H,9,12H2,1H3,(H2,20,21,22,24). The fourth-order valence-electron chi connectivity index (χ4n) is 1.98. The number of amides is 1. The average Bonchev–Trinajstić information content (AvgIpc) is 2.55. The van der Waals surface area contributed by atoms with Gasteiger partial charge in [-0.2, -0.15) is 5.26 Å². The lowest BCUT2D eigenvalue weighted by atomic mass is 10.1. The number of nitrogens with zero attached hydrogens (tertiary/aromatic N) is 1. The Balaban J connectivity index is 1.79. The van der Waals surface area contributed by atoms with Gasteiger partial charge in [-0.25, -0.2) is 0 Å². The van der Waals surface area contributed by atoms with Crippen molar-refractivity contribution in [3.63, 3.8) is 0 Å². The summed E-state index contributed by atoms with van der Waals surface area (Å²) < 4.78 is 5.41. The van der Waals surface area contributed by atoms with Gasteiger partial charge in [0.15, 0.2) is 11.7 Å². The van der Waals surface area contributed by atoms with Gasteiger partial charge in [0, 0.05) is 5.69 Å². The van der Waals surface area contributed by atoms with Crippen molar-refractivity contribution in [1.82, 2.24) is 5.32 Å². The van der Waals surface area contributed by atoms with Crippen molar-refractivity contribution in [2.75, 3.05) is 11.9 Å². The van der Waals surface area contributed by atoms with E-state index in [1.807, 2.05) is 37.3 Å². The molecule has 0 heterocycles. The second-order valence-corrected chi connectivity index (χ2v) is 5.55. The van der Waals surface area contributed by atoms with Crippen molar-refractivity contribution >= 4 is 28.9 Å². The number of carbonyl (C=O) groups is 1. The third-order valence-corrected chi connectivity index (χ3v) is 3.31. The van der Waals surface area contributed by atoms with Crippen LogP contribution >= 0.6 is 12.2 Å². The van der Waals surface area contributed by atoms with Crippen molar-refractivity contribution < 1.29 is 9.53 Å². The first kappa shape index (κ1) is 17.4.